The maximum Gasteiger partial charge on any atom is 0.135 e. The fourth-order valence-electron chi connectivity index (χ4n) is 11.5. The van der Waals surface area contributed by atoms with Gasteiger partial charge in [0.15, 0.2) is 0 Å². The number of rotatable bonds is 8. The van der Waals surface area contributed by atoms with Crippen molar-refractivity contribution in [2.24, 2.45) is 0 Å². The van der Waals surface area contributed by atoms with E-state index in [9.17, 15) is 0 Å². The predicted molar refractivity (Wildman–Crippen MR) is 310 cm³/mol. The summed E-state index contributed by atoms with van der Waals surface area (Å²) in [6.45, 7) is 18.2. The molecule has 0 saturated heterocycles. The Balaban J connectivity index is 0.00000582. The van der Waals surface area contributed by atoms with Crippen LogP contribution in [0.1, 0.15) is 76.3 Å². The summed E-state index contributed by atoms with van der Waals surface area (Å²) < 4.78 is 9.39. The molecule has 2 aromatic heterocycles. The first-order valence-electron chi connectivity index (χ1n) is 26.0. The summed E-state index contributed by atoms with van der Waals surface area (Å²) in [7, 11) is 0. The average molecular weight is 1170 g/mol. The van der Waals surface area contributed by atoms with Crippen LogP contribution in [0.15, 0.2) is 212 Å². The normalized spacial score (nSPS) is 13.6. The molecule has 11 aromatic rings. The number of para-hydroxylation sites is 3. The van der Waals surface area contributed by atoms with Crippen molar-refractivity contribution in [3.63, 3.8) is 0 Å². The monoisotopic (exact) mass is 1160 g/mol. The molecular weight excluding hydrogens is 1110 g/mol. The van der Waals surface area contributed by atoms with Gasteiger partial charge in [-0.15, -0.1) is 53.6 Å². The molecule has 0 atom stereocenters. The van der Waals surface area contributed by atoms with Gasteiger partial charge >= 0.3 is 0 Å². The molecule has 2 aliphatic rings. The summed E-state index contributed by atoms with van der Waals surface area (Å²) in [5, 5.41) is 2.21. The van der Waals surface area contributed by atoms with Gasteiger partial charge in [0.1, 0.15) is 5.82 Å². The van der Waals surface area contributed by atoms with Crippen molar-refractivity contribution < 1.29 is 25.8 Å². The third-order valence-electron chi connectivity index (χ3n) is 15.5. The summed E-state index contributed by atoms with van der Waals surface area (Å²) in [6.07, 6.45) is 1.92. The predicted octanol–water partition coefficient (Wildman–Crippen LogP) is 18.2. The van der Waals surface area contributed by atoms with Crippen molar-refractivity contribution in [3.05, 3.63) is 259 Å². The molecule has 0 unspecified atom stereocenters. The standard InChI is InChI=1S/C70H57N4O.Pt/c1-68(2,3)48-36-37-71-66(42-48)74-62-31-19-16-28-56(62)57-35-34-52(44-65(57)74)75-53-39-50(70(7)60-29-17-14-26-54(60)55-27-15-18-30-61(55)70)38-51(43-53)72-45-73(64-33-21-20-32-63(64)72)67-58(46-22-10-8-11-23-46)40-49(69(4,5)6)41-59(67)47-24-12-9-13-25-47;/h8-42,45H,1-7H3;/q-3;. The molecule has 0 bridgehead atoms. The summed E-state index contributed by atoms with van der Waals surface area (Å²) in [5.74, 6) is 2.02. The molecule has 376 valence electrons. The van der Waals surface area contributed by atoms with Gasteiger partial charge in [-0.3, -0.25) is 0 Å². The molecule has 0 amide bonds. The first-order valence-corrected chi connectivity index (χ1v) is 26.0. The first kappa shape index (κ1) is 48.9. The fourth-order valence-corrected chi connectivity index (χ4v) is 11.5. The average Bonchev–Trinajstić information content (AvgIpc) is 4.10. The Labute approximate surface area is 461 Å². The van der Waals surface area contributed by atoms with E-state index in [-0.39, 0.29) is 31.9 Å². The molecule has 0 radical (unpaired) electrons. The number of anilines is 4. The van der Waals surface area contributed by atoms with Gasteiger partial charge in [0, 0.05) is 77.9 Å². The van der Waals surface area contributed by atoms with Crippen LogP contribution >= 0.6 is 0 Å². The second kappa shape index (κ2) is 18.7. The van der Waals surface area contributed by atoms with Crippen molar-refractivity contribution in [2.75, 3.05) is 9.80 Å². The number of benzene rings is 9. The Morgan fingerprint density at radius 1 is 0.500 bits per heavy atom. The topological polar surface area (TPSA) is 33.5 Å². The maximum absolute atomic E-state index is 7.17. The second-order valence-electron chi connectivity index (χ2n) is 22.3. The van der Waals surface area contributed by atoms with Crippen molar-refractivity contribution in [1.82, 2.24) is 9.55 Å². The van der Waals surface area contributed by atoms with Crippen molar-refractivity contribution in [2.45, 2.75) is 64.7 Å². The molecule has 76 heavy (non-hydrogen) atoms. The Kier molecular flexibility index (Phi) is 12.0. The van der Waals surface area contributed by atoms with Crippen molar-refractivity contribution in [3.8, 4) is 50.7 Å². The number of pyridine rings is 1. The van der Waals surface area contributed by atoms with Crippen LogP contribution in [0.3, 0.4) is 0 Å². The van der Waals surface area contributed by atoms with Crippen molar-refractivity contribution >= 4 is 44.6 Å². The molecule has 1 aliphatic carbocycles. The van der Waals surface area contributed by atoms with Crippen LogP contribution in [-0.4, -0.2) is 9.55 Å². The molecule has 9 aromatic carbocycles. The van der Waals surface area contributed by atoms with E-state index in [1.54, 1.807) is 0 Å². The minimum Gasteiger partial charge on any atom is -0.509 e. The molecule has 3 heterocycles. The third-order valence-corrected chi connectivity index (χ3v) is 15.5. The van der Waals surface area contributed by atoms with Gasteiger partial charge in [-0.25, -0.2) is 4.98 Å². The van der Waals surface area contributed by atoms with E-state index in [2.05, 4.69) is 282 Å². The maximum atomic E-state index is 7.17. The zero-order valence-electron chi connectivity index (χ0n) is 43.8. The van der Waals surface area contributed by atoms with Gasteiger partial charge in [-0.05, 0) is 110 Å². The molecule has 6 heteroatoms. The molecule has 1 aliphatic heterocycles. The van der Waals surface area contributed by atoms with Crippen LogP contribution in [-0.2, 0) is 37.3 Å². The molecule has 0 N–H and O–H groups in total. The first-order chi connectivity index (χ1) is 36.3. The minimum atomic E-state index is -0.526. The SMILES string of the molecule is CC(C)(C)c1ccnc(-n2c3[c-]c(Oc4[c-]c(N5[CH-]N(c6c(-c7ccccc7)cc(C(C)(C)C)cc6-c6ccccc6)c6ccccc65)cc(C5(C)c6ccccc6-c6ccccc65)c4)ccc3c3ccccc32)c1.[Pt]. The summed E-state index contributed by atoms with van der Waals surface area (Å²) in [4.78, 5) is 9.64. The second-order valence-corrected chi connectivity index (χ2v) is 22.3. The molecule has 5 nitrogen and oxygen atoms in total. The van der Waals surface area contributed by atoms with E-state index < -0.39 is 5.41 Å². The van der Waals surface area contributed by atoms with Gasteiger partial charge in [-0.1, -0.05) is 187 Å². The number of fused-ring (bicyclic) bond motifs is 7. The number of hydrogen-bond acceptors (Lipinski definition) is 4. The smallest absolute Gasteiger partial charge is 0.135 e. The van der Waals surface area contributed by atoms with E-state index in [1.807, 2.05) is 12.3 Å². The Morgan fingerprint density at radius 2 is 1.07 bits per heavy atom. The molecule has 0 spiro atoms. The number of nitrogens with zero attached hydrogens (tertiary/aromatic N) is 4. The Morgan fingerprint density at radius 3 is 1.70 bits per heavy atom. The Bertz CT molecular complexity index is 3910. The largest absolute Gasteiger partial charge is 0.509 e. The summed E-state index contributed by atoms with van der Waals surface area (Å²) in [5.41, 5.74) is 18.5. The number of aromatic nitrogens is 2. The van der Waals surface area contributed by atoms with Crippen LogP contribution in [0.4, 0.5) is 22.7 Å². The van der Waals surface area contributed by atoms with Crippen LogP contribution < -0.4 is 14.5 Å². The zero-order chi connectivity index (χ0) is 51.2. The van der Waals surface area contributed by atoms with Gasteiger partial charge in [0.25, 0.3) is 0 Å². The summed E-state index contributed by atoms with van der Waals surface area (Å²) in [6, 6.07) is 82.0. The van der Waals surface area contributed by atoms with E-state index in [1.165, 1.54) is 33.4 Å². The zero-order valence-corrected chi connectivity index (χ0v) is 46.1. The van der Waals surface area contributed by atoms with Crippen LogP contribution in [0.2, 0.25) is 0 Å². The van der Waals surface area contributed by atoms with Crippen LogP contribution in [0.5, 0.6) is 11.5 Å². The van der Waals surface area contributed by atoms with E-state index >= 15 is 0 Å². The summed E-state index contributed by atoms with van der Waals surface area (Å²) >= 11 is 0. The van der Waals surface area contributed by atoms with Gasteiger partial charge in [-0.2, -0.15) is 6.07 Å². The molecule has 13 rings (SSSR count). The van der Waals surface area contributed by atoms with Crippen LogP contribution in [0, 0.1) is 18.8 Å². The Hall–Kier alpha value is -7.98. The molecule has 0 saturated carbocycles. The number of hydrogen-bond donors (Lipinski definition) is 0. The third kappa shape index (κ3) is 8.15. The van der Waals surface area contributed by atoms with E-state index in [0.717, 1.165) is 78.2 Å². The molecular formula is C70H57N4OPt-3. The fraction of sp³-hybridized carbons (Fsp3) is 0.143. The minimum absolute atomic E-state index is 0. The van der Waals surface area contributed by atoms with E-state index in [4.69, 9.17) is 9.72 Å². The van der Waals surface area contributed by atoms with Crippen molar-refractivity contribution in [1.29, 1.82) is 0 Å². The number of ether oxygens (including phenoxy) is 1. The van der Waals surface area contributed by atoms with Gasteiger partial charge in [0.2, 0.25) is 0 Å². The van der Waals surface area contributed by atoms with Gasteiger partial charge < -0.3 is 19.1 Å². The quantitative estimate of drug-likeness (QED) is 0.142. The van der Waals surface area contributed by atoms with E-state index in [0.29, 0.717) is 11.5 Å². The molecule has 0 fully saturated rings. The van der Waals surface area contributed by atoms with Crippen LogP contribution in [0.25, 0.3) is 61.0 Å². The van der Waals surface area contributed by atoms with Gasteiger partial charge in [0.05, 0.1) is 0 Å².